The van der Waals surface area contributed by atoms with Gasteiger partial charge in [0.15, 0.2) is 0 Å². The van der Waals surface area contributed by atoms with Crippen LogP contribution in [0.3, 0.4) is 0 Å². The molecular weight excluding hydrogens is 268 g/mol. The number of fused-ring (bicyclic) bond motifs is 2. The SMILES string of the molecule is CC(C)C(=O)OCC(C)(C)COC(=O)C1CC2C=CC1C2. The van der Waals surface area contributed by atoms with Crippen LogP contribution in [-0.2, 0) is 19.1 Å². The Labute approximate surface area is 126 Å². The summed E-state index contributed by atoms with van der Waals surface area (Å²) in [7, 11) is 0. The largest absolute Gasteiger partial charge is 0.465 e. The van der Waals surface area contributed by atoms with Crippen LogP contribution in [0.4, 0.5) is 0 Å². The van der Waals surface area contributed by atoms with Crippen molar-refractivity contribution >= 4 is 11.9 Å². The molecule has 4 nitrogen and oxygen atoms in total. The molecule has 3 unspecified atom stereocenters. The van der Waals surface area contributed by atoms with Crippen molar-refractivity contribution in [1.29, 1.82) is 0 Å². The molecule has 2 aliphatic rings. The Bertz CT molecular complexity index is 436. The highest BCUT2D eigenvalue weighted by molar-refractivity contribution is 5.74. The third-order valence-corrected chi connectivity index (χ3v) is 4.26. The van der Waals surface area contributed by atoms with Crippen LogP contribution in [0.1, 0.15) is 40.5 Å². The van der Waals surface area contributed by atoms with Gasteiger partial charge >= 0.3 is 11.9 Å². The second-order valence-corrected chi connectivity index (χ2v) is 7.42. The average Bonchev–Trinajstić information content (AvgIpc) is 3.04. The number of carbonyl (C=O) groups is 2. The monoisotopic (exact) mass is 294 g/mol. The van der Waals surface area contributed by atoms with Gasteiger partial charge in [-0.2, -0.15) is 0 Å². The summed E-state index contributed by atoms with van der Waals surface area (Å²) >= 11 is 0. The Morgan fingerprint density at radius 1 is 1.14 bits per heavy atom. The highest BCUT2D eigenvalue weighted by Gasteiger charge is 2.41. The lowest BCUT2D eigenvalue weighted by Gasteiger charge is -2.26. The van der Waals surface area contributed by atoms with E-state index in [0.717, 1.165) is 12.8 Å². The molecule has 1 saturated carbocycles. The number of carbonyl (C=O) groups excluding carboxylic acids is 2. The summed E-state index contributed by atoms with van der Waals surface area (Å²) in [5.41, 5.74) is -0.354. The molecule has 4 heteroatoms. The fraction of sp³-hybridized carbons (Fsp3) is 0.765. The molecule has 2 bridgehead atoms. The molecule has 1 fully saturated rings. The van der Waals surface area contributed by atoms with E-state index < -0.39 is 0 Å². The number of allylic oxidation sites excluding steroid dienone is 2. The molecule has 0 aromatic heterocycles. The number of esters is 2. The molecule has 0 aromatic rings. The second-order valence-electron chi connectivity index (χ2n) is 7.42. The maximum atomic E-state index is 12.2. The van der Waals surface area contributed by atoms with Crippen LogP contribution in [0.5, 0.6) is 0 Å². The Kier molecular flexibility index (Phi) is 4.74. The second kappa shape index (κ2) is 6.20. The summed E-state index contributed by atoms with van der Waals surface area (Å²) in [6, 6.07) is 0. The van der Waals surface area contributed by atoms with E-state index >= 15 is 0 Å². The molecule has 0 spiro atoms. The van der Waals surface area contributed by atoms with Gasteiger partial charge in [-0.25, -0.2) is 0 Å². The summed E-state index contributed by atoms with van der Waals surface area (Å²) in [6.45, 7) is 8.04. The molecule has 2 rings (SSSR count). The summed E-state index contributed by atoms with van der Waals surface area (Å²) in [5, 5.41) is 0. The van der Waals surface area contributed by atoms with Gasteiger partial charge in [0.2, 0.25) is 0 Å². The van der Waals surface area contributed by atoms with Gasteiger partial charge < -0.3 is 9.47 Å². The lowest BCUT2D eigenvalue weighted by Crippen LogP contribution is -2.31. The summed E-state index contributed by atoms with van der Waals surface area (Å²) in [6.07, 6.45) is 6.37. The first-order chi connectivity index (χ1) is 9.78. The van der Waals surface area contributed by atoms with Crippen molar-refractivity contribution in [2.45, 2.75) is 40.5 Å². The topological polar surface area (TPSA) is 52.6 Å². The maximum absolute atomic E-state index is 12.2. The van der Waals surface area contributed by atoms with Gasteiger partial charge in [-0.1, -0.05) is 39.8 Å². The van der Waals surface area contributed by atoms with Gasteiger partial charge in [-0.05, 0) is 24.7 Å². The number of ether oxygens (including phenoxy) is 2. The maximum Gasteiger partial charge on any atom is 0.309 e. The van der Waals surface area contributed by atoms with Crippen molar-refractivity contribution in [2.75, 3.05) is 13.2 Å². The minimum atomic E-state index is -0.354. The van der Waals surface area contributed by atoms with Gasteiger partial charge in [0.1, 0.15) is 0 Å². The third-order valence-electron chi connectivity index (χ3n) is 4.26. The van der Waals surface area contributed by atoms with Crippen molar-refractivity contribution in [3.05, 3.63) is 12.2 Å². The molecule has 0 saturated heterocycles. The summed E-state index contributed by atoms with van der Waals surface area (Å²) in [4.78, 5) is 23.7. The van der Waals surface area contributed by atoms with Crippen molar-refractivity contribution in [1.82, 2.24) is 0 Å². The first-order valence-corrected chi connectivity index (χ1v) is 7.80. The molecular formula is C17H26O4. The molecule has 0 aliphatic heterocycles. The average molecular weight is 294 g/mol. The van der Waals surface area contributed by atoms with E-state index in [2.05, 4.69) is 12.2 Å². The first-order valence-electron chi connectivity index (χ1n) is 7.80. The van der Waals surface area contributed by atoms with Crippen LogP contribution in [-0.4, -0.2) is 25.2 Å². The van der Waals surface area contributed by atoms with Gasteiger partial charge in [0.05, 0.1) is 25.0 Å². The first kappa shape index (κ1) is 16.1. The zero-order chi connectivity index (χ0) is 15.6. The van der Waals surface area contributed by atoms with E-state index in [9.17, 15) is 9.59 Å². The number of rotatable bonds is 6. The fourth-order valence-corrected chi connectivity index (χ4v) is 2.90. The van der Waals surface area contributed by atoms with Crippen LogP contribution >= 0.6 is 0 Å². The lowest BCUT2D eigenvalue weighted by atomic mass is 9.93. The van der Waals surface area contributed by atoms with E-state index in [1.807, 2.05) is 13.8 Å². The van der Waals surface area contributed by atoms with Crippen LogP contribution < -0.4 is 0 Å². The molecule has 0 heterocycles. The minimum absolute atomic E-state index is 0.0222. The van der Waals surface area contributed by atoms with Gasteiger partial charge in [0.25, 0.3) is 0 Å². The number of hydrogen-bond donors (Lipinski definition) is 0. The predicted octanol–water partition coefficient (Wildman–Crippen LogP) is 2.97. The molecule has 0 aromatic carbocycles. The smallest absolute Gasteiger partial charge is 0.309 e. The van der Waals surface area contributed by atoms with E-state index in [0.29, 0.717) is 11.8 Å². The molecule has 0 N–H and O–H groups in total. The quantitative estimate of drug-likeness (QED) is 0.558. The van der Waals surface area contributed by atoms with E-state index in [1.54, 1.807) is 13.8 Å². The molecule has 21 heavy (non-hydrogen) atoms. The van der Waals surface area contributed by atoms with E-state index in [-0.39, 0.29) is 42.4 Å². The van der Waals surface area contributed by atoms with Crippen molar-refractivity contribution in [3.63, 3.8) is 0 Å². The van der Waals surface area contributed by atoms with Crippen LogP contribution in [0.2, 0.25) is 0 Å². The molecule has 3 atom stereocenters. The van der Waals surface area contributed by atoms with Crippen LogP contribution in [0, 0.1) is 29.1 Å². The predicted molar refractivity (Wildman–Crippen MR) is 79.4 cm³/mol. The molecule has 118 valence electrons. The zero-order valence-electron chi connectivity index (χ0n) is 13.4. The standard InChI is InChI=1S/C17H26O4/c1-11(2)15(18)20-9-17(3,4)10-21-16(19)14-8-12-5-6-13(14)7-12/h5-6,11-14H,7-10H2,1-4H3. The minimum Gasteiger partial charge on any atom is -0.465 e. The molecule has 0 radical (unpaired) electrons. The Morgan fingerprint density at radius 2 is 1.81 bits per heavy atom. The Hall–Kier alpha value is -1.32. The fourth-order valence-electron chi connectivity index (χ4n) is 2.90. The normalized spacial score (nSPS) is 27.2. The number of hydrogen-bond acceptors (Lipinski definition) is 4. The van der Waals surface area contributed by atoms with E-state index in [1.165, 1.54) is 0 Å². The van der Waals surface area contributed by atoms with Gasteiger partial charge in [-0.15, -0.1) is 0 Å². The van der Waals surface area contributed by atoms with Crippen molar-refractivity contribution in [2.24, 2.45) is 29.1 Å². The van der Waals surface area contributed by atoms with E-state index in [4.69, 9.17) is 9.47 Å². The lowest BCUT2D eigenvalue weighted by molar-refractivity contribution is -0.157. The Balaban J connectivity index is 1.75. The van der Waals surface area contributed by atoms with Crippen LogP contribution in [0.15, 0.2) is 12.2 Å². The van der Waals surface area contributed by atoms with Crippen LogP contribution in [0.25, 0.3) is 0 Å². The Morgan fingerprint density at radius 3 is 2.33 bits per heavy atom. The van der Waals surface area contributed by atoms with Gasteiger partial charge in [0, 0.05) is 5.41 Å². The van der Waals surface area contributed by atoms with Crippen molar-refractivity contribution < 1.29 is 19.1 Å². The molecule has 2 aliphatic carbocycles. The summed E-state index contributed by atoms with van der Waals surface area (Å²) in [5.74, 6) is 0.498. The zero-order valence-corrected chi connectivity index (χ0v) is 13.4. The van der Waals surface area contributed by atoms with Crippen molar-refractivity contribution in [3.8, 4) is 0 Å². The summed E-state index contributed by atoms with van der Waals surface area (Å²) < 4.78 is 10.7. The van der Waals surface area contributed by atoms with Gasteiger partial charge in [-0.3, -0.25) is 9.59 Å². The highest BCUT2D eigenvalue weighted by Crippen LogP contribution is 2.44. The third kappa shape index (κ3) is 4.08. The molecule has 0 amide bonds. The highest BCUT2D eigenvalue weighted by atomic mass is 16.5.